The van der Waals surface area contributed by atoms with Crippen molar-refractivity contribution in [3.8, 4) is 5.75 Å². The smallest absolute Gasteiger partial charge is 0.280 e. The van der Waals surface area contributed by atoms with Gasteiger partial charge >= 0.3 is 0 Å². The Labute approximate surface area is 158 Å². The minimum atomic E-state index is -0.259. The molecule has 4 rings (SSSR count). The maximum absolute atomic E-state index is 12.8. The minimum absolute atomic E-state index is 0.222. The van der Waals surface area contributed by atoms with Crippen molar-refractivity contribution in [1.82, 2.24) is 10.5 Å². The molecule has 0 aliphatic carbocycles. The van der Waals surface area contributed by atoms with Gasteiger partial charge in [-0.2, -0.15) is 0 Å². The number of ether oxygens (including phenoxy) is 1. The third-order valence-corrected chi connectivity index (χ3v) is 5.04. The van der Waals surface area contributed by atoms with Gasteiger partial charge in [-0.3, -0.25) is 14.5 Å². The van der Waals surface area contributed by atoms with Gasteiger partial charge in [0.2, 0.25) is 0 Å². The Balaban J connectivity index is 1.69. The van der Waals surface area contributed by atoms with Crippen LogP contribution in [-0.4, -0.2) is 34.4 Å². The fourth-order valence-corrected chi connectivity index (χ4v) is 3.76. The first-order chi connectivity index (χ1) is 12.5. The fraction of sp³-hybridized carbons (Fsp3) is 0.176. The number of nitrogens with zero attached hydrogens (tertiary/aromatic N) is 2. The molecule has 0 spiro atoms. The molecular weight excluding hydrogens is 374 g/mol. The highest BCUT2D eigenvalue weighted by Gasteiger charge is 2.27. The Kier molecular flexibility index (Phi) is 4.25. The summed E-state index contributed by atoms with van der Waals surface area (Å²) in [5.74, 6) is 0.692. The summed E-state index contributed by atoms with van der Waals surface area (Å²) < 4.78 is 11.1. The average molecular weight is 387 g/mol. The monoisotopic (exact) mass is 387 g/mol. The first-order valence-electron chi connectivity index (χ1n) is 7.78. The average Bonchev–Trinajstić information content (AvgIpc) is 3.19. The molecular formula is C17H13N3O4S2. The van der Waals surface area contributed by atoms with Crippen molar-refractivity contribution in [3.63, 3.8) is 0 Å². The van der Waals surface area contributed by atoms with Crippen LogP contribution in [0.2, 0.25) is 0 Å². The number of thioether (sulfide) groups is 1. The maximum Gasteiger partial charge on any atom is 0.280 e. The van der Waals surface area contributed by atoms with Gasteiger partial charge in [0.25, 0.3) is 11.8 Å². The number of thiocarbonyl (C=S) groups is 1. The van der Waals surface area contributed by atoms with Crippen LogP contribution in [0.25, 0.3) is 6.08 Å². The Morgan fingerprint density at radius 3 is 2.96 bits per heavy atom. The Morgan fingerprint density at radius 1 is 1.42 bits per heavy atom. The summed E-state index contributed by atoms with van der Waals surface area (Å²) >= 11 is 6.21. The number of carbonyl (C=O) groups excluding carboxylic acids is 2. The highest BCUT2D eigenvalue weighted by molar-refractivity contribution is 8.26. The van der Waals surface area contributed by atoms with Gasteiger partial charge in [0, 0.05) is 6.07 Å². The number of amides is 2. The molecule has 7 nitrogen and oxygen atoms in total. The molecule has 2 amide bonds. The molecule has 0 bridgehead atoms. The predicted molar refractivity (Wildman–Crippen MR) is 101 cm³/mol. The number of aryl methyl sites for hydroxylation is 1. The zero-order valence-corrected chi connectivity index (χ0v) is 15.3. The summed E-state index contributed by atoms with van der Waals surface area (Å²) in [5, 5.41) is 6.38. The van der Waals surface area contributed by atoms with E-state index in [1.165, 1.54) is 11.8 Å². The third-order valence-electron chi connectivity index (χ3n) is 3.88. The van der Waals surface area contributed by atoms with E-state index in [9.17, 15) is 9.59 Å². The van der Waals surface area contributed by atoms with Gasteiger partial charge in [0.1, 0.15) is 22.4 Å². The molecule has 2 aliphatic heterocycles. The highest BCUT2D eigenvalue weighted by Crippen LogP contribution is 2.35. The van der Waals surface area contributed by atoms with Crippen molar-refractivity contribution in [2.24, 2.45) is 0 Å². The number of anilines is 1. The number of hydrogen-bond donors (Lipinski definition) is 1. The van der Waals surface area contributed by atoms with E-state index in [4.69, 9.17) is 21.5 Å². The zero-order chi connectivity index (χ0) is 18.3. The van der Waals surface area contributed by atoms with E-state index in [2.05, 4.69) is 10.5 Å². The van der Waals surface area contributed by atoms with E-state index < -0.39 is 0 Å². The molecule has 0 atom stereocenters. The Hall–Kier alpha value is -2.65. The van der Waals surface area contributed by atoms with Crippen molar-refractivity contribution in [3.05, 3.63) is 46.2 Å². The van der Waals surface area contributed by atoms with Crippen molar-refractivity contribution in [2.75, 3.05) is 18.1 Å². The molecule has 1 saturated heterocycles. The summed E-state index contributed by atoms with van der Waals surface area (Å²) in [5.41, 5.74) is 1.64. The molecule has 0 unspecified atom stereocenters. The lowest BCUT2D eigenvalue weighted by Gasteiger charge is -2.29. The largest absolute Gasteiger partial charge is 0.490 e. The number of hydrogen-bond acceptors (Lipinski definition) is 7. The molecule has 3 heterocycles. The standard InChI is InChI=1S/C17H13N3O4S2/c1-9-6-11(19-24-9)16(22)20-4-5-23-13-3-2-10(7-12(13)20)8-14-15(21)18-17(25)26-14/h2-3,6-8H,4-5H2,1H3,(H,18,21,25)/b14-8-. The van der Waals surface area contributed by atoms with E-state index in [0.29, 0.717) is 39.6 Å². The van der Waals surface area contributed by atoms with Gasteiger partial charge in [0.05, 0.1) is 17.1 Å². The number of carbonyl (C=O) groups is 2. The number of aromatic nitrogens is 1. The zero-order valence-electron chi connectivity index (χ0n) is 13.6. The molecule has 2 aliphatic rings. The number of fused-ring (bicyclic) bond motifs is 1. The summed E-state index contributed by atoms with van der Waals surface area (Å²) in [6.45, 7) is 2.52. The Morgan fingerprint density at radius 2 is 2.27 bits per heavy atom. The van der Waals surface area contributed by atoms with Crippen molar-refractivity contribution in [1.29, 1.82) is 0 Å². The summed E-state index contributed by atoms with van der Waals surface area (Å²) in [6.07, 6.45) is 1.73. The minimum Gasteiger partial charge on any atom is -0.490 e. The van der Waals surface area contributed by atoms with Crippen LogP contribution < -0.4 is 15.0 Å². The lowest BCUT2D eigenvalue weighted by atomic mass is 10.1. The summed E-state index contributed by atoms with van der Waals surface area (Å²) in [6, 6.07) is 7.02. The number of benzene rings is 1. The predicted octanol–water partition coefficient (Wildman–Crippen LogP) is 2.51. The molecule has 1 N–H and O–H groups in total. The van der Waals surface area contributed by atoms with Crippen LogP contribution in [0, 0.1) is 6.92 Å². The molecule has 0 saturated carbocycles. The first-order valence-corrected chi connectivity index (χ1v) is 9.00. The van der Waals surface area contributed by atoms with Gasteiger partial charge in [-0.1, -0.05) is 35.2 Å². The first kappa shape index (κ1) is 16.8. The van der Waals surface area contributed by atoms with Gasteiger partial charge in [-0.05, 0) is 30.7 Å². The van der Waals surface area contributed by atoms with Crippen LogP contribution in [-0.2, 0) is 4.79 Å². The number of nitrogens with one attached hydrogen (secondary N) is 1. The van der Waals surface area contributed by atoms with E-state index in [0.717, 1.165) is 5.56 Å². The summed E-state index contributed by atoms with van der Waals surface area (Å²) in [4.78, 5) is 26.7. The quantitative estimate of drug-likeness (QED) is 0.626. The van der Waals surface area contributed by atoms with Crippen molar-refractivity contribution in [2.45, 2.75) is 6.92 Å². The summed E-state index contributed by atoms with van der Waals surface area (Å²) in [7, 11) is 0. The molecule has 26 heavy (non-hydrogen) atoms. The van der Waals surface area contributed by atoms with Crippen molar-refractivity contribution >= 4 is 51.9 Å². The SMILES string of the molecule is Cc1cc(C(=O)N2CCOc3ccc(/C=C4\SC(=S)NC4=O)cc32)no1. The van der Waals surface area contributed by atoms with Crippen LogP contribution in [0.3, 0.4) is 0 Å². The molecule has 1 aromatic heterocycles. The van der Waals surface area contributed by atoms with Gasteiger partial charge in [-0.15, -0.1) is 0 Å². The highest BCUT2D eigenvalue weighted by atomic mass is 32.2. The fourth-order valence-electron chi connectivity index (χ4n) is 2.71. The second-order valence-corrected chi connectivity index (χ2v) is 7.43. The van der Waals surface area contributed by atoms with E-state index >= 15 is 0 Å². The topological polar surface area (TPSA) is 84.7 Å². The van der Waals surface area contributed by atoms with Crippen molar-refractivity contribution < 1.29 is 18.8 Å². The van der Waals surface area contributed by atoms with Crippen LogP contribution in [0.1, 0.15) is 21.8 Å². The molecule has 2 aromatic rings. The lowest BCUT2D eigenvalue weighted by Crippen LogP contribution is -2.38. The number of rotatable bonds is 2. The van der Waals surface area contributed by atoms with Gasteiger partial charge in [-0.25, -0.2) is 0 Å². The molecule has 132 valence electrons. The third kappa shape index (κ3) is 3.11. The molecule has 1 aromatic carbocycles. The van der Waals surface area contributed by atoms with Crippen LogP contribution in [0.15, 0.2) is 33.7 Å². The lowest BCUT2D eigenvalue weighted by molar-refractivity contribution is -0.115. The van der Waals surface area contributed by atoms with E-state index in [1.807, 2.05) is 12.1 Å². The normalized spacial score (nSPS) is 17.9. The van der Waals surface area contributed by atoms with E-state index in [1.54, 1.807) is 30.0 Å². The van der Waals surface area contributed by atoms with Gasteiger partial charge in [0.15, 0.2) is 5.69 Å². The van der Waals surface area contributed by atoms with Crippen LogP contribution in [0.4, 0.5) is 5.69 Å². The van der Waals surface area contributed by atoms with Crippen LogP contribution in [0.5, 0.6) is 5.75 Å². The Bertz CT molecular complexity index is 967. The second-order valence-electron chi connectivity index (χ2n) is 5.71. The van der Waals surface area contributed by atoms with E-state index in [-0.39, 0.29) is 17.5 Å². The van der Waals surface area contributed by atoms with Crippen LogP contribution >= 0.6 is 24.0 Å². The second kappa shape index (κ2) is 6.58. The molecule has 9 heteroatoms. The molecule has 1 fully saturated rings. The maximum atomic E-state index is 12.8. The molecule has 0 radical (unpaired) electrons. The van der Waals surface area contributed by atoms with Gasteiger partial charge < -0.3 is 14.6 Å².